The van der Waals surface area contributed by atoms with Gasteiger partial charge in [0.25, 0.3) is 0 Å². The van der Waals surface area contributed by atoms with Gasteiger partial charge < -0.3 is 16.4 Å². The van der Waals surface area contributed by atoms with Crippen LogP contribution in [0.15, 0.2) is 48.5 Å². The summed E-state index contributed by atoms with van der Waals surface area (Å²) in [6.07, 6.45) is 7.40. The highest BCUT2D eigenvalue weighted by Gasteiger charge is 2.06. The molecule has 3 heteroatoms. The zero-order valence-corrected chi connectivity index (χ0v) is 15.6. The van der Waals surface area contributed by atoms with Crippen molar-refractivity contribution in [3.05, 3.63) is 59.7 Å². The molecular weight excluding hydrogens is 306 g/mol. The minimum Gasteiger partial charge on any atom is -0.399 e. The van der Waals surface area contributed by atoms with Crippen molar-refractivity contribution in [2.24, 2.45) is 0 Å². The largest absolute Gasteiger partial charge is 0.399 e. The first-order chi connectivity index (χ1) is 12.2. The van der Waals surface area contributed by atoms with Gasteiger partial charge in [0.15, 0.2) is 0 Å². The molecule has 0 saturated heterocycles. The normalized spacial score (nSPS) is 11.1. The summed E-state index contributed by atoms with van der Waals surface area (Å²) < 4.78 is 0. The number of nitrogen functional groups attached to an aromatic ring is 2. The minimum atomic E-state index is 0.837. The third-order valence-electron chi connectivity index (χ3n) is 4.72. The van der Waals surface area contributed by atoms with Gasteiger partial charge in [0.1, 0.15) is 0 Å². The van der Waals surface area contributed by atoms with E-state index in [0.29, 0.717) is 0 Å². The summed E-state index contributed by atoms with van der Waals surface area (Å²) in [4.78, 5) is 2.60. The van der Waals surface area contributed by atoms with Crippen molar-refractivity contribution in [2.45, 2.75) is 45.4 Å². The van der Waals surface area contributed by atoms with Crippen LogP contribution in [0.25, 0.3) is 0 Å². The fraction of sp³-hybridized carbons (Fsp3) is 0.455. The minimum absolute atomic E-state index is 0.837. The fourth-order valence-electron chi connectivity index (χ4n) is 3.04. The molecule has 3 nitrogen and oxygen atoms in total. The van der Waals surface area contributed by atoms with Gasteiger partial charge in [0.2, 0.25) is 0 Å². The van der Waals surface area contributed by atoms with Crippen LogP contribution in [0.4, 0.5) is 11.4 Å². The zero-order valence-electron chi connectivity index (χ0n) is 15.6. The van der Waals surface area contributed by atoms with Crippen LogP contribution >= 0.6 is 0 Å². The van der Waals surface area contributed by atoms with Crippen LogP contribution in [-0.2, 0) is 12.8 Å². The van der Waals surface area contributed by atoms with Crippen LogP contribution in [0.1, 0.15) is 43.7 Å². The number of hydrogen-bond donors (Lipinski definition) is 2. The van der Waals surface area contributed by atoms with Crippen LogP contribution in [0.2, 0.25) is 0 Å². The van der Waals surface area contributed by atoms with Gasteiger partial charge in [-0.2, -0.15) is 0 Å². The molecule has 0 bridgehead atoms. The second-order valence-corrected chi connectivity index (χ2v) is 6.89. The van der Waals surface area contributed by atoms with E-state index in [9.17, 15) is 0 Å². The standard InChI is InChI=1S/C22H33N3/c1-2-3-4-5-16-25(17-14-19-6-10-21(23)11-7-19)18-15-20-8-12-22(24)13-9-20/h6-13H,2-5,14-18,23-24H2,1H3. The molecular formula is C22H33N3. The topological polar surface area (TPSA) is 55.3 Å². The molecule has 0 unspecified atom stereocenters. The lowest BCUT2D eigenvalue weighted by atomic mass is 10.1. The Morgan fingerprint density at radius 1 is 0.640 bits per heavy atom. The van der Waals surface area contributed by atoms with Crippen molar-refractivity contribution in [1.29, 1.82) is 0 Å². The highest BCUT2D eigenvalue weighted by atomic mass is 15.1. The van der Waals surface area contributed by atoms with Crippen LogP contribution in [0, 0.1) is 0 Å². The van der Waals surface area contributed by atoms with Crippen LogP contribution in [0.5, 0.6) is 0 Å². The molecule has 2 aromatic carbocycles. The van der Waals surface area contributed by atoms with E-state index in [2.05, 4.69) is 36.1 Å². The molecule has 0 aliphatic heterocycles. The summed E-state index contributed by atoms with van der Waals surface area (Å²) in [5.41, 5.74) is 16.0. The number of nitrogens with zero attached hydrogens (tertiary/aromatic N) is 1. The van der Waals surface area contributed by atoms with Crippen molar-refractivity contribution in [3.8, 4) is 0 Å². The van der Waals surface area contributed by atoms with Gasteiger partial charge >= 0.3 is 0 Å². The second-order valence-electron chi connectivity index (χ2n) is 6.89. The summed E-state index contributed by atoms with van der Waals surface area (Å²) in [6, 6.07) is 16.6. The SMILES string of the molecule is CCCCCCN(CCc1ccc(N)cc1)CCc1ccc(N)cc1. The summed E-state index contributed by atoms with van der Waals surface area (Å²) >= 11 is 0. The third-order valence-corrected chi connectivity index (χ3v) is 4.72. The number of nitrogens with two attached hydrogens (primary N) is 2. The Labute approximate surface area is 153 Å². The van der Waals surface area contributed by atoms with E-state index in [-0.39, 0.29) is 0 Å². The number of anilines is 2. The Morgan fingerprint density at radius 3 is 1.56 bits per heavy atom. The van der Waals surface area contributed by atoms with E-state index < -0.39 is 0 Å². The molecule has 0 aliphatic rings. The predicted molar refractivity (Wildman–Crippen MR) is 110 cm³/mol. The molecule has 2 aromatic rings. The maximum absolute atomic E-state index is 5.78. The lowest BCUT2D eigenvalue weighted by molar-refractivity contribution is 0.273. The van der Waals surface area contributed by atoms with Gasteiger partial charge in [-0.15, -0.1) is 0 Å². The maximum atomic E-state index is 5.78. The molecule has 0 atom stereocenters. The number of unbranched alkanes of at least 4 members (excludes halogenated alkanes) is 3. The average Bonchev–Trinajstić information content (AvgIpc) is 2.63. The molecule has 0 heterocycles. The summed E-state index contributed by atoms with van der Waals surface area (Å²) in [5.74, 6) is 0. The lowest BCUT2D eigenvalue weighted by Crippen LogP contribution is -2.29. The zero-order chi connectivity index (χ0) is 17.9. The van der Waals surface area contributed by atoms with Crippen LogP contribution < -0.4 is 11.5 Å². The first kappa shape index (κ1) is 19.3. The Balaban J connectivity index is 1.84. The Hall–Kier alpha value is -2.00. The second kappa shape index (κ2) is 10.8. The molecule has 0 aliphatic carbocycles. The number of rotatable bonds is 11. The van der Waals surface area contributed by atoms with E-state index in [4.69, 9.17) is 11.5 Å². The van der Waals surface area contributed by atoms with Gasteiger partial charge in [-0.25, -0.2) is 0 Å². The molecule has 0 amide bonds. The van der Waals surface area contributed by atoms with Gasteiger partial charge in [-0.1, -0.05) is 50.5 Å². The van der Waals surface area contributed by atoms with E-state index >= 15 is 0 Å². The monoisotopic (exact) mass is 339 g/mol. The molecule has 136 valence electrons. The van der Waals surface area contributed by atoms with Crippen LogP contribution in [-0.4, -0.2) is 24.5 Å². The summed E-state index contributed by atoms with van der Waals surface area (Å²) in [6.45, 7) is 5.65. The van der Waals surface area contributed by atoms with Crippen molar-refractivity contribution in [2.75, 3.05) is 31.1 Å². The highest BCUT2D eigenvalue weighted by Crippen LogP contribution is 2.10. The molecule has 0 fully saturated rings. The smallest absolute Gasteiger partial charge is 0.0314 e. The number of benzene rings is 2. The molecule has 4 N–H and O–H groups in total. The predicted octanol–water partition coefficient (Wildman–Crippen LogP) is 4.52. The first-order valence-electron chi connectivity index (χ1n) is 9.58. The third kappa shape index (κ3) is 7.61. The molecule has 0 saturated carbocycles. The van der Waals surface area contributed by atoms with Crippen molar-refractivity contribution < 1.29 is 0 Å². The lowest BCUT2D eigenvalue weighted by Gasteiger charge is -2.22. The van der Waals surface area contributed by atoms with Gasteiger partial charge in [-0.3, -0.25) is 0 Å². The van der Waals surface area contributed by atoms with Gasteiger partial charge in [0.05, 0.1) is 0 Å². The van der Waals surface area contributed by atoms with Crippen LogP contribution in [0.3, 0.4) is 0 Å². The molecule has 0 spiro atoms. The van der Waals surface area contributed by atoms with E-state index in [1.165, 1.54) is 43.4 Å². The Morgan fingerprint density at radius 2 is 1.12 bits per heavy atom. The van der Waals surface area contributed by atoms with E-state index in [0.717, 1.165) is 37.3 Å². The van der Waals surface area contributed by atoms with Crippen molar-refractivity contribution in [1.82, 2.24) is 4.90 Å². The number of hydrogen-bond acceptors (Lipinski definition) is 3. The maximum Gasteiger partial charge on any atom is 0.0314 e. The molecule has 0 aromatic heterocycles. The molecule has 0 radical (unpaired) electrons. The average molecular weight is 340 g/mol. The Kier molecular flexibility index (Phi) is 8.33. The van der Waals surface area contributed by atoms with Gasteiger partial charge in [-0.05, 0) is 61.2 Å². The van der Waals surface area contributed by atoms with E-state index in [1.807, 2.05) is 24.3 Å². The highest BCUT2D eigenvalue weighted by molar-refractivity contribution is 5.40. The fourth-order valence-corrected chi connectivity index (χ4v) is 3.04. The Bertz CT molecular complexity index is 540. The first-order valence-corrected chi connectivity index (χ1v) is 9.58. The quantitative estimate of drug-likeness (QED) is 0.467. The summed E-state index contributed by atoms with van der Waals surface area (Å²) in [5, 5.41) is 0. The molecule has 25 heavy (non-hydrogen) atoms. The van der Waals surface area contributed by atoms with E-state index in [1.54, 1.807) is 0 Å². The van der Waals surface area contributed by atoms with Crippen molar-refractivity contribution >= 4 is 11.4 Å². The van der Waals surface area contributed by atoms with Crippen molar-refractivity contribution in [3.63, 3.8) is 0 Å². The van der Waals surface area contributed by atoms with Gasteiger partial charge in [0, 0.05) is 24.5 Å². The summed E-state index contributed by atoms with van der Waals surface area (Å²) in [7, 11) is 0. The molecule has 2 rings (SSSR count).